The molecule has 0 fully saturated rings. The number of methoxy groups -OCH3 is 1. The Hall–Kier alpha value is -1.82. The largest absolute Gasteiger partial charge is 0.380 e. The van der Waals surface area contributed by atoms with Gasteiger partial charge in [0.25, 0.3) is 0 Å². The fourth-order valence-corrected chi connectivity index (χ4v) is 1.20. The lowest BCUT2D eigenvalue weighted by molar-refractivity contribution is 0.181. The number of ether oxygens (including phenoxy) is 1. The molecule has 0 bridgehead atoms. The summed E-state index contributed by atoms with van der Waals surface area (Å²) in [6.07, 6.45) is 4.42. The molecule has 0 aliphatic carbocycles. The van der Waals surface area contributed by atoms with Gasteiger partial charge in [-0.15, -0.1) is 4.80 Å². The lowest BCUT2D eigenvalue weighted by atomic mass is 10.2. The minimum atomic E-state index is -0.462. The Morgan fingerprint density at radius 3 is 2.73 bits per heavy atom. The Kier molecular flexibility index (Phi) is 2.68. The van der Waals surface area contributed by atoms with Crippen molar-refractivity contribution in [2.45, 2.75) is 6.61 Å². The van der Waals surface area contributed by atoms with Gasteiger partial charge in [-0.3, -0.25) is 0 Å². The van der Waals surface area contributed by atoms with Gasteiger partial charge < -0.3 is 4.74 Å². The average molecular weight is 208 g/mol. The number of nitrogens with zero attached hydrogens (tertiary/aromatic N) is 4. The molecule has 0 saturated carbocycles. The molecule has 78 valence electrons. The van der Waals surface area contributed by atoms with Gasteiger partial charge in [-0.25, -0.2) is 9.37 Å². The second kappa shape index (κ2) is 4.14. The van der Waals surface area contributed by atoms with Crippen LogP contribution in [0.1, 0.15) is 5.56 Å². The molecule has 2 heterocycles. The molecular formula is C9H9FN4O. The topological polar surface area (TPSA) is 52.8 Å². The molecule has 0 amide bonds. The first-order chi connectivity index (χ1) is 7.33. The fraction of sp³-hybridized carbons (Fsp3) is 0.222. The van der Waals surface area contributed by atoms with Crippen molar-refractivity contribution < 1.29 is 9.13 Å². The van der Waals surface area contributed by atoms with E-state index in [2.05, 4.69) is 15.2 Å². The van der Waals surface area contributed by atoms with Crippen molar-refractivity contribution >= 4 is 0 Å². The quantitative estimate of drug-likeness (QED) is 0.753. The molecule has 0 radical (unpaired) electrons. The van der Waals surface area contributed by atoms with Gasteiger partial charge >= 0.3 is 0 Å². The predicted molar refractivity (Wildman–Crippen MR) is 49.8 cm³/mol. The maximum absolute atomic E-state index is 13.8. The van der Waals surface area contributed by atoms with Crippen LogP contribution in [-0.2, 0) is 11.3 Å². The molecule has 0 N–H and O–H groups in total. The van der Waals surface area contributed by atoms with Crippen LogP contribution >= 0.6 is 0 Å². The zero-order valence-electron chi connectivity index (χ0n) is 8.09. The van der Waals surface area contributed by atoms with Crippen LogP contribution in [0.5, 0.6) is 0 Å². The van der Waals surface area contributed by atoms with Crippen LogP contribution in [0.3, 0.4) is 0 Å². The van der Waals surface area contributed by atoms with Crippen LogP contribution in [0.15, 0.2) is 24.7 Å². The Labute approximate surface area is 85.5 Å². The number of halogens is 1. The number of aromatic nitrogens is 4. The molecule has 0 aromatic carbocycles. The summed E-state index contributed by atoms with van der Waals surface area (Å²) in [4.78, 5) is 5.00. The van der Waals surface area contributed by atoms with E-state index in [4.69, 9.17) is 4.74 Å². The standard InChI is InChI=1S/C9H9FN4O/c1-15-6-7-2-3-11-9(8(7)10)14-12-4-5-13-14/h2-5H,6H2,1H3. The fourth-order valence-electron chi connectivity index (χ4n) is 1.20. The first kappa shape index (κ1) is 9.72. The van der Waals surface area contributed by atoms with Gasteiger partial charge in [-0.1, -0.05) is 0 Å². The van der Waals surface area contributed by atoms with Crippen molar-refractivity contribution in [2.75, 3.05) is 7.11 Å². The van der Waals surface area contributed by atoms with Gasteiger partial charge in [0.05, 0.1) is 19.0 Å². The second-order valence-electron chi connectivity index (χ2n) is 2.86. The van der Waals surface area contributed by atoms with E-state index in [0.717, 1.165) is 4.80 Å². The third-order valence-corrected chi connectivity index (χ3v) is 1.86. The Balaban J connectivity index is 2.45. The van der Waals surface area contributed by atoms with Crippen LogP contribution in [-0.4, -0.2) is 27.1 Å². The van der Waals surface area contributed by atoms with E-state index in [0.29, 0.717) is 5.56 Å². The lowest BCUT2D eigenvalue weighted by Crippen LogP contribution is -2.07. The first-order valence-electron chi connectivity index (χ1n) is 4.32. The Bertz CT molecular complexity index is 443. The highest BCUT2D eigenvalue weighted by atomic mass is 19.1. The van der Waals surface area contributed by atoms with E-state index < -0.39 is 5.82 Å². The van der Waals surface area contributed by atoms with Crippen molar-refractivity contribution in [3.05, 3.63) is 36.0 Å². The third-order valence-electron chi connectivity index (χ3n) is 1.86. The number of rotatable bonds is 3. The van der Waals surface area contributed by atoms with Gasteiger partial charge in [0.2, 0.25) is 5.82 Å². The smallest absolute Gasteiger partial charge is 0.210 e. The zero-order valence-corrected chi connectivity index (χ0v) is 8.09. The number of hydrogen-bond acceptors (Lipinski definition) is 4. The van der Waals surface area contributed by atoms with Crippen LogP contribution in [0, 0.1) is 5.82 Å². The molecule has 0 aliphatic heterocycles. The minimum absolute atomic E-state index is 0.0783. The second-order valence-corrected chi connectivity index (χ2v) is 2.86. The summed E-state index contributed by atoms with van der Waals surface area (Å²) in [5, 5.41) is 7.62. The highest BCUT2D eigenvalue weighted by Gasteiger charge is 2.11. The summed E-state index contributed by atoms with van der Waals surface area (Å²) in [6.45, 7) is 0.197. The van der Waals surface area contributed by atoms with Crippen molar-refractivity contribution in [3.63, 3.8) is 0 Å². The van der Waals surface area contributed by atoms with Crippen LogP contribution < -0.4 is 0 Å². The van der Waals surface area contributed by atoms with Gasteiger partial charge in [0, 0.05) is 18.9 Å². The van der Waals surface area contributed by atoms with E-state index in [9.17, 15) is 4.39 Å². The molecule has 0 unspecified atom stereocenters. The normalized spacial score (nSPS) is 10.5. The number of pyridine rings is 1. The van der Waals surface area contributed by atoms with Gasteiger partial charge in [-0.05, 0) is 6.07 Å². The molecule has 0 atom stereocenters. The van der Waals surface area contributed by atoms with Crippen molar-refractivity contribution in [3.8, 4) is 5.82 Å². The minimum Gasteiger partial charge on any atom is -0.380 e. The van der Waals surface area contributed by atoms with Crippen molar-refractivity contribution in [2.24, 2.45) is 0 Å². The molecule has 2 rings (SSSR count). The maximum atomic E-state index is 13.8. The van der Waals surface area contributed by atoms with E-state index in [-0.39, 0.29) is 12.4 Å². The van der Waals surface area contributed by atoms with Gasteiger partial charge in [-0.2, -0.15) is 10.2 Å². The van der Waals surface area contributed by atoms with Gasteiger partial charge in [0.15, 0.2) is 5.82 Å². The van der Waals surface area contributed by atoms with E-state index in [1.54, 1.807) is 6.07 Å². The summed E-state index contributed by atoms with van der Waals surface area (Å²) >= 11 is 0. The van der Waals surface area contributed by atoms with Crippen LogP contribution in [0.25, 0.3) is 5.82 Å². The van der Waals surface area contributed by atoms with Gasteiger partial charge in [0.1, 0.15) is 0 Å². The molecule has 2 aromatic heterocycles. The summed E-state index contributed by atoms with van der Waals surface area (Å²) < 4.78 is 18.6. The molecule has 15 heavy (non-hydrogen) atoms. The van der Waals surface area contributed by atoms with E-state index in [1.165, 1.54) is 25.7 Å². The molecule has 6 heteroatoms. The number of hydrogen-bond donors (Lipinski definition) is 0. The first-order valence-corrected chi connectivity index (χ1v) is 4.32. The maximum Gasteiger partial charge on any atom is 0.210 e. The molecule has 0 spiro atoms. The third kappa shape index (κ3) is 1.84. The molecular weight excluding hydrogens is 199 g/mol. The predicted octanol–water partition coefficient (Wildman–Crippen LogP) is 0.948. The Morgan fingerprint density at radius 1 is 1.33 bits per heavy atom. The summed E-state index contributed by atoms with van der Waals surface area (Å²) in [5.74, 6) is -0.384. The summed E-state index contributed by atoms with van der Waals surface area (Å²) in [6, 6.07) is 1.56. The van der Waals surface area contributed by atoms with Crippen LogP contribution in [0.2, 0.25) is 0 Å². The summed E-state index contributed by atoms with van der Waals surface area (Å²) in [5.41, 5.74) is 0.430. The van der Waals surface area contributed by atoms with E-state index >= 15 is 0 Å². The highest BCUT2D eigenvalue weighted by Crippen LogP contribution is 2.13. The lowest BCUT2D eigenvalue weighted by Gasteiger charge is -2.05. The molecule has 0 saturated heterocycles. The molecule has 0 aliphatic rings. The van der Waals surface area contributed by atoms with E-state index in [1.807, 2.05) is 0 Å². The SMILES string of the molecule is COCc1ccnc(-n2nccn2)c1F. The average Bonchev–Trinajstić information content (AvgIpc) is 2.74. The summed E-state index contributed by atoms with van der Waals surface area (Å²) in [7, 11) is 1.51. The van der Waals surface area contributed by atoms with Crippen molar-refractivity contribution in [1.82, 2.24) is 20.0 Å². The molecule has 5 nitrogen and oxygen atoms in total. The Morgan fingerprint density at radius 2 is 2.07 bits per heavy atom. The monoisotopic (exact) mass is 208 g/mol. The highest BCUT2D eigenvalue weighted by molar-refractivity contribution is 5.27. The zero-order chi connectivity index (χ0) is 10.7. The molecule has 2 aromatic rings. The van der Waals surface area contributed by atoms with Crippen LogP contribution in [0.4, 0.5) is 4.39 Å². The van der Waals surface area contributed by atoms with Crippen molar-refractivity contribution in [1.29, 1.82) is 0 Å².